The maximum absolute atomic E-state index is 11.4. The molecule has 1 amide bonds. The van der Waals surface area contributed by atoms with E-state index in [-0.39, 0.29) is 5.91 Å². The molecule has 21 heavy (non-hydrogen) atoms. The summed E-state index contributed by atoms with van der Waals surface area (Å²) in [6.07, 6.45) is 4.86. The summed E-state index contributed by atoms with van der Waals surface area (Å²) < 4.78 is 6.69. The zero-order chi connectivity index (χ0) is 15.7. The summed E-state index contributed by atoms with van der Waals surface area (Å²) >= 11 is 3.47. The van der Waals surface area contributed by atoms with Gasteiger partial charge >= 0.3 is 0 Å². The highest BCUT2D eigenvalue weighted by Gasteiger charge is 2.09. The lowest BCUT2D eigenvalue weighted by molar-refractivity contribution is 0.0816. The van der Waals surface area contributed by atoms with Crippen LogP contribution in [-0.2, 0) is 11.3 Å². The number of carbonyl (C=O) groups is 1. The average Bonchev–Trinajstić information content (AvgIpc) is 2.51. The molecule has 3 N–H and O–H groups in total. The Morgan fingerprint density at radius 3 is 2.76 bits per heavy atom. The van der Waals surface area contributed by atoms with E-state index in [1.54, 1.807) is 12.1 Å². The minimum Gasteiger partial charge on any atom is -0.376 e. The van der Waals surface area contributed by atoms with Gasteiger partial charge in [-0.2, -0.15) is 0 Å². The van der Waals surface area contributed by atoms with Crippen LogP contribution < -0.4 is 11.3 Å². The van der Waals surface area contributed by atoms with Gasteiger partial charge in [-0.1, -0.05) is 55.1 Å². The zero-order valence-corrected chi connectivity index (χ0v) is 14.4. The van der Waals surface area contributed by atoms with E-state index in [4.69, 9.17) is 10.6 Å². The molecule has 0 aliphatic rings. The van der Waals surface area contributed by atoms with Crippen molar-refractivity contribution < 1.29 is 9.53 Å². The predicted molar refractivity (Wildman–Crippen MR) is 88.8 cm³/mol. The van der Waals surface area contributed by atoms with Crippen molar-refractivity contribution in [2.45, 2.75) is 46.1 Å². The normalized spacial score (nSPS) is 12.2. The number of halogens is 1. The zero-order valence-electron chi connectivity index (χ0n) is 12.8. The Kier molecular flexibility index (Phi) is 8.57. The van der Waals surface area contributed by atoms with Crippen LogP contribution in [0.2, 0.25) is 0 Å². The van der Waals surface area contributed by atoms with Gasteiger partial charge in [-0.05, 0) is 30.0 Å². The second kappa shape index (κ2) is 9.92. The SMILES string of the molecule is CCCCC(CC)COCc1ccc(C(=O)NN)cc1Br. The Morgan fingerprint density at radius 2 is 2.19 bits per heavy atom. The lowest BCUT2D eigenvalue weighted by Crippen LogP contribution is -2.29. The first-order chi connectivity index (χ1) is 10.1. The topological polar surface area (TPSA) is 64.3 Å². The van der Waals surface area contributed by atoms with Crippen molar-refractivity contribution >= 4 is 21.8 Å². The van der Waals surface area contributed by atoms with Gasteiger partial charge in [0.25, 0.3) is 5.91 Å². The number of hydrogen-bond donors (Lipinski definition) is 2. The molecule has 118 valence electrons. The first-order valence-electron chi connectivity index (χ1n) is 7.49. The van der Waals surface area contributed by atoms with E-state index in [1.807, 2.05) is 6.07 Å². The summed E-state index contributed by atoms with van der Waals surface area (Å²) in [6.45, 7) is 5.76. The molecule has 0 radical (unpaired) electrons. The van der Waals surface area contributed by atoms with E-state index >= 15 is 0 Å². The summed E-state index contributed by atoms with van der Waals surface area (Å²) in [4.78, 5) is 11.4. The van der Waals surface area contributed by atoms with Crippen LogP contribution in [0.15, 0.2) is 22.7 Å². The third-order valence-electron chi connectivity index (χ3n) is 3.60. The number of unbranched alkanes of at least 4 members (excludes halogenated alkanes) is 1. The lowest BCUT2D eigenvalue weighted by Gasteiger charge is -2.15. The van der Waals surface area contributed by atoms with Crippen molar-refractivity contribution in [3.63, 3.8) is 0 Å². The summed E-state index contributed by atoms with van der Waals surface area (Å²) in [7, 11) is 0. The Morgan fingerprint density at radius 1 is 1.43 bits per heavy atom. The van der Waals surface area contributed by atoms with Crippen LogP contribution in [-0.4, -0.2) is 12.5 Å². The highest BCUT2D eigenvalue weighted by molar-refractivity contribution is 9.10. The molecule has 1 aromatic rings. The molecule has 0 fully saturated rings. The Balaban J connectivity index is 2.50. The van der Waals surface area contributed by atoms with Crippen LogP contribution in [0.1, 0.15) is 55.5 Å². The fraction of sp³-hybridized carbons (Fsp3) is 0.562. The van der Waals surface area contributed by atoms with Crippen molar-refractivity contribution in [3.05, 3.63) is 33.8 Å². The molecule has 0 bridgehead atoms. The van der Waals surface area contributed by atoms with Gasteiger partial charge in [0.05, 0.1) is 6.61 Å². The standard InChI is InChI=1S/C16H25BrN2O2/c1-3-5-6-12(4-2)10-21-11-14-8-7-13(9-15(14)17)16(20)19-18/h7-9,12H,3-6,10-11,18H2,1-2H3,(H,19,20). The largest absolute Gasteiger partial charge is 0.376 e. The maximum atomic E-state index is 11.4. The fourth-order valence-electron chi connectivity index (χ4n) is 2.12. The van der Waals surface area contributed by atoms with Gasteiger partial charge in [-0.3, -0.25) is 10.2 Å². The molecule has 1 atom stereocenters. The first-order valence-corrected chi connectivity index (χ1v) is 8.28. The van der Waals surface area contributed by atoms with Crippen LogP contribution in [0.5, 0.6) is 0 Å². The van der Waals surface area contributed by atoms with Gasteiger partial charge in [0.15, 0.2) is 0 Å². The molecule has 5 heteroatoms. The number of carbonyl (C=O) groups excluding carboxylic acids is 1. The predicted octanol–water partition coefficient (Wildman–Crippen LogP) is 3.79. The number of benzene rings is 1. The molecule has 0 spiro atoms. The average molecular weight is 357 g/mol. The number of nitrogens with two attached hydrogens (primary N) is 1. The number of nitrogens with one attached hydrogen (secondary N) is 1. The van der Waals surface area contributed by atoms with Crippen molar-refractivity contribution in [2.75, 3.05) is 6.61 Å². The minimum atomic E-state index is -0.297. The van der Waals surface area contributed by atoms with Crippen molar-refractivity contribution in [2.24, 2.45) is 11.8 Å². The fourth-order valence-corrected chi connectivity index (χ4v) is 2.62. The van der Waals surface area contributed by atoms with Gasteiger partial charge in [0, 0.05) is 16.6 Å². The van der Waals surface area contributed by atoms with Gasteiger partial charge in [-0.25, -0.2) is 5.84 Å². The van der Waals surface area contributed by atoms with E-state index in [0.29, 0.717) is 18.1 Å². The lowest BCUT2D eigenvalue weighted by atomic mass is 10.0. The van der Waals surface area contributed by atoms with Crippen LogP contribution in [0.3, 0.4) is 0 Å². The van der Waals surface area contributed by atoms with Crippen LogP contribution in [0, 0.1) is 5.92 Å². The molecule has 0 aliphatic heterocycles. The number of hydrogen-bond acceptors (Lipinski definition) is 3. The van der Waals surface area contributed by atoms with Crippen molar-refractivity contribution in [1.82, 2.24) is 5.43 Å². The third-order valence-corrected chi connectivity index (χ3v) is 4.34. The second-order valence-electron chi connectivity index (χ2n) is 5.21. The highest BCUT2D eigenvalue weighted by atomic mass is 79.9. The number of hydrazine groups is 1. The second-order valence-corrected chi connectivity index (χ2v) is 6.07. The number of amides is 1. The molecule has 1 unspecified atom stereocenters. The summed E-state index contributed by atoms with van der Waals surface area (Å²) in [5.41, 5.74) is 3.69. The van der Waals surface area contributed by atoms with E-state index in [0.717, 1.165) is 23.1 Å². The van der Waals surface area contributed by atoms with E-state index < -0.39 is 0 Å². The number of ether oxygens (including phenoxy) is 1. The Bertz CT molecular complexity index is 452. The Hall–Kier alpha value is -0.910. The quantitative estimate of drug-likeness (QED) is 0.402. The van der Waals surface area contributed by atoms with Crippen molar-refractivity contribution in [3.8, 4) is 0 Å². The first kappa shape index (κ1) is 18.1. The molecule has 1 aromatic carbocycles. The summed E-state index contributed by atoms with van der Waals surface area (Å²) in [6, 6.07) is 5.40. The van der Waals surface area contributed by atoms with Crippen LogP contribution >= 0.6 is 15.9 Å². The van der Waals surface area contributed by atoms with Crippen LogP contribution in [0.4, 0.5) is 0 Å². The molecule has 4 nitrogen and oxygen atoms in total. The Labute approximate surface area is 135 Å². The van der Waals surface area contributed by atoms with E-state index in [2.05, 4.69) is 35.2 Å². The molecule has 1 rings (SSSR count). The van der Waals surface area contributed by atoms with Gasteiger partial charge in [0.2, 0.25) is 0 Å². The molecule has 0 heterocycles. The van der Waals surface area contributed by atoms with Gasteiger partial charge in [-0.15, -0.1) is 0 Å². The molecule has 0 aromatic heterocycles. The molecule has 0 saturated heterocycles. The molecular weight excluding hydrogens is 332 g/mol. The molecule has 0 aliphatic carbocycles. The highest BCUT2D eigenvalue weighted by Crippen LogP contribution is 2.20. The molecular formula is C16H25BrN2O2. The minimum absolute atomic E-state index is 0.297. The summed E-state index contributed by atoms with van der Waals surface area (Å²) in [5, 5.41) is 0. The van der Waals surface area contributed by atoms with Gasteiger partial charge < -0.3 is 4.74 Å². The third kappa shape index (κ3) is 6.16. The summed E-state index contributed by atoms with van der Waals surface area (Å²) in [5.74, 6) is 5.45. The number of nitrogen functional groups attached to an aromatic ring is 1. The van der Waals surface area contributed by atoms with E-state index in [9.17, 15) is 4.79 Å². The monoisotopic (exact) mass is 356 g/mol. The van der Waals surface area contributed by atoms with Crippen LogP contribution in [0.25, 0.3) is 0 Å². The smallest absolute Gasteiger partial charge is 0.265 e. The van der Waals surface area contributed by atoms with Gasteiger partial charge in [0.1, 0.15) is 0 Å². The van der Waals surface area contributed by atoms with Crippen molar-refractivity contribution in [1.29, 1.82) is 0 Å². The maximum Gasteiger partial charge on any atom is 0.265 e. The molecule has 0 saturated carbocycles. The van der Waals surface area contributed by atoms with E-state index in [1.165, 1.54) is 19.3 Å². The number of rotatable bonds is 9.